The van der Waals surface area contributed by atoms with Gasteiger partial charge in [0, 0.05) is 12.3 Å². The van der Waals surface area contributed by atoms with Gasteiger partial charge in [0.15, 0.2) is 5.76 Å². The quantitative estimate of drug-likeness (QED) is 0.716. The standard InChI is InChI=1S/C21H23F3N2O3S/c1-13(2)9-18-26(20(28)17-7-4-8-29-17)16(12-30-18)19(27)25-11-14-5-3-6-15(10-14)21(22,23)24/h3-8,10,13,16,18H,9,11-12H2,1-2H3,(H,25,27). The van der Waals surface area contributed by atoms with E-state index >= 15 is 0 Å². The Morgan fingerprint density at radius 1 is 1.27 bits per heavy atom. The van der Waals surface area contributed by atoms with Crippen molar-refractivity contribution in [3.05, 3.63) is 59.5 Å². The third kappa shape index (κ3) is 5.19. The Morgan fingerprint density at radius 2 is 2.03 bits per heavy atom. The van der Waals surface area contributed by atoms with Crippen LogP contribution in [-0.2, 0) is 17.5 Å². The summed E-state index contributed by atoms with van der Waals surface area (Å²) in [5.41, 5.74) is -0.427. The highest BCUT2D eigenvalue weighted by atomic mass is 32.2. The van der Waals surface area contributed by atoms with E-state index in [0.29, 0.717) is 23.7 Å². The van der Waals surface area contributed by atoms with Crippen LogP contribution in [0.15, 0.2) is 47.1 Å². The number of carbonyl (C=O) groups excluding carboxylic acids is 2. The Bertz CT molecular complexity index is 884. The minimum atomic E-state index is -4.45. The number of amides is 2. The van der Waals surface area contributed by atoms with Gasteiger partial charge in [-0.25, -0.2) is 0 Å². The van der Waals surface area contributed by atoms with Gasteiger partial charge in [0.05, 0.1) is 17.2 Å². The highest BCUT2D eigenvalue weighted by Crippen LogP contribution is 2.35. The van der Waals surface area contributed by atoms with Gasteiger partial charge in [0.25, 0.3) is 5.91 Å². The minimum absolute atomic E-state index is 0.0540. The van der Waals surface area contributed by atoms with Crippen LogP contribution in [-0.4, -0.2) is 33.9 Å². The fraction of sp³-hybridized carbons (Fsp3) is 0.429. The van der Waals surface area contributed by atoms with Crippen molar-refractivity contribution in [2.75, 3.05) is 5.75 Å². The summed E-state index contributed by atoms with van der Waals surface area (Å²) in [5, 5.41) is 2.51. The molecule has 1 aromatic carbocycles. The van der Waals surface area contributed by atoms with Gasteiger partial charge in [-0.2, -0.15) is 13.2 Å². The van der Waals surface area contributed by atoms with Gasteiger partial charge in [0.1, 0.15) is 6.04 Å². The van der Waals surface area contributed by atoms with E-state index in [4.69, 9.17) is 4.42 Å². The summed E-state index contributed by atoms with van der Waals surface area (Å²) >= 11 is 1.52. The Morgan fingerprint density at radius 3 is 2.67 bits per heavy atom. The number of alkyl halides is 3. The average molecular weight is 440 g/mol. The molecule has 0 bridgehead atoms. The summed E-state index contributed by atoms with van der Waals surface area (Å²) in [7, 11) is 0. The number of hydrogen-bond donors (Lipinski definition) is 1. The second-order valence-electron chi connectivity index (χ2n) is 7.54. The molecule has 1 aromatic heterocycles. The minimum Gasteiger partial charge on any atom is -0.459 e. The SMILES string of the molecule is CC(C)CC1SCC(C(=O)NCc2cccc(C(F)(F)F)c2)N1C(=O)c1ccco1. The molecule has 0 aliphatic carbocycles. The predicted octanol–water partition coefficient (Wildman–Crippen LogP) is 4.54. The van der Waals surface area contributed by atoms with Crippen LogP contribution in [0.25, 0.3) is 0 Å². The molecule has 3 rings (SSSR count). The van der Waals surface area contributed by atoms with E-state index in [-0.39, 0.29) is 23.6 Å². The van der Waals surface area contributed by atoms with Crippen molar-refractivity contribution in [3.63, 3.8) is 0 Å². The first-order valence-corrected chi connectivity index (χ1v) is 10.6. The number of nitrogens with one attached hydrogen (secondary N) is 1. The van der Waals surface area contributed by atoms with Crippen molar-refractivity contribution >= 4 is 23.6 Å². The van der Waals surface area contributed by atoms with Gasteiger partial charge in [-0.3, -0.25) is 9.59 Å². The van der Waals surface area contributed by atoms with E-state index in [9.17, 15) is 22.8 Å². The molecule has 2 amide bonds. The molecular weight excluding hydrogens is 417 g/mol. The number of halogens is 3. The first-order valence-electron chi connectivity index (χ1n) is 9.58. The topological polar surface area (TPSA) is 62.6 Å². The van der Waals surface area contributed by atoms with E-state index in [0.717, 1.165) is 12.1 Å². The summed E-state index contributed by atoms with van der Waals surface area (Å²) in [6.45, 7) is 4.02. The summed E-state index contributed by atoms with van der Waals surface area (Å²) in [4.78, 5) is 27.3. The number of furan rings is 1. The molecule has 1 fully saturated rings. The van der Waals surface area contributed by atoms with Gasteiger partial charge < -0.3 is 14.6 Å². The maximum Gasteiger partial charge on any atom is 0.416 e. The maximum atomic E-state index is 13.0. The fourth-order valence-corrected chi connectivity index (χ4v) is 4.96. The second kappa shape index (κ2) is 9.16. The normalized spacial score (nSPS) is 19.3. The molecule has 1 aliphatic rings. The first kappa shape index (κ1) is 22.3. The van der Waals surface area contributed by atoms with Gasteiger partial charge in [-0.05, 0) is 42.2 Å². The van der Waals surface area contributed by atoms with E-state index < -0.39 is 23.7 Å². The molecule has 0 radical (unpaired) electrons. The molecule has 5 nitrogen and oxygen atoms in total. The average Bonchev–Trinajstić information content (AvgIpc) is 3.35. The first-order chi connectivity index (χ1) is 14.2. The summed E-state index contributed by atoms with van der Waals surface area (Å²) in [6, 6.07) is 7.26. The van der Waals surface area contributed by atoms with E-state index in [1.165, 1.54) is 35.1 Å². The molecule has 2 heterocycles. The van der Waals surface area contributed by atoms with Crippen LogP contribution in [0, 0.1) is 5.92 Å². The third-order valence-corrected chi connectivity index (χ3v) is 6.07. The molecular formula is C21H23F3N2O3S. The molecule has 0 saturated carbocycles. The monoisotopic (exact) mass is 440 g/mol. The Labute approximate surface area is 177 Å². The van der Waals surface area contributed by atoms with Crippen LogP contribution in [0.3, 0.4) is 0 Å². The van der Waals surface area contributed by atoms with Crippen LogP contribution in [0.5, 0.6) is 0 Å². The number of rotatable bonds is 6. The zero-order valence-electron chi connectivity index (χ0n) is 16.6. The summed E-state index contributed by atoms with van der Waals surface area (Å²) < 4.78 is 43.9. The molecule has 2 aromatic rings. The van der Waals surface area contributed by atoms with Crippen LogP contribution in [0.2, 0.25) is 0 Å². The van der Waals surface area contributed by atoms with Crippen LogP contribution < -0.4 is 5.32 Å². The highest BCUT2D eigenvalue weighted by molar-refractivity contribution is 8.00. The van der Waals surface area contributed by atoms with Gasteiger partial charge in [-0.1, -0.05) is 26.0 Å². The van der Waals surface area contributed by atoms with E-state index in [1.807, 2.05) is 13.8 Å². The lowest BCUT2D eigenvalue weighted by Crippen LogP contribution is -2.49. The molecule has 162 valence electrons. The Balaban J connectivity index is 1.72. The zero-order valence-corrected chi connectivity index (χ0v) is 17.4. The molecule has 30 heavy (non-hydrogen) atoms. The largest absolute Gasteiger partial charge is 0.459 e. The molecule has 2 unspecified atom stereocenters. The number of carbonyl (C=O) groups is 2. The van der Waals surface area contributed by atoms with Crippen molar-refractivity contribution in [2.24, 2.45) is 5.92 Å². The Kier molecular flexibility index (Phi) is 6.80. The van der Waals surface area contributed by atoms with Crippen molar-refractivity contribution in [1.29, 1.82) is 0 Å². The van der Waals surface area contributed by atoms with Crippen molar-refractivity contribution in [2.45, 2.75) is 44.4 Å². The lowest BCUT2D eigenvalue weighted by molar-refractivity contribution is -0.137. The number of nitrogens with zero attached hydrogens (tertiary/aromatic N) is 1. The smallest absolute Gasteiger partial charge is 0.416 e. The van der Waals surface area contributed by atoms with Crippen molar-refractivity contribution < 1.29 is 27.2 Å². The van der Waals surface area contributed by atoms with Crippen molar-refractivity contribution in [3.8, 4) is 0 Å². The molecule has 1 N–H and O–H groups in total. The molecule has 1 saturated heterocycles. The molecule has 2 atom stereocenters. The fourth-order valence-electron chi connectivity index (χ4n) is 3.31. The van der Waals surface area contributed by atoms with Gasteiger partial charge >= 0.3 is 6.18 Å². The molecule has 9 heteroatoms. The molecule has 1 aliphatic heterocycles. The number of benzene rings is 1. The highest BCUT2D eigenvalue weighted by Gasteiger charge is 2.42. The van der Waals surface area contributed by atoms with Crippen molar-refractivity contribution in [1.82, 2.24) is 10.2 Å². The zero-order chi connectivity index (χ0) is 21.9. The molecule has 0 spiro atoms. The number of thioether (sulfide) groups is 1. The van der Waals surface area contributed by atoms with E-state index in [1.54, 1.807) is 12.1 Å². The summed E-state index contributed by atoms with van der Waals surface area (Å²) in [6.07, 6.45) is -2.33. The lowest BCUT2D eigenvalue weighted by Gasteiger charge is -2.29. The van der Waals surface area contributed by atoms with Crippen LogP contribution in [0.1, 0.15) is 41.9 Å². The maximum absolute atomic E-state index is 13.0. The van der Waals surface area contributed by atoms with Gasteiger partial charge in [-0.15, -0.1) is 11.8 Å². The van der Waals surface area contributed by atoms with Crippen LogP contribution in [0.4, 0.5) is 13.2 Å². The summed E-state index contributed by atoms with van der Waals surface area (Å²) in [5.74, 6) is 0.127. The number of hydrogen-bond acceptors (Lipinski definition) is 4. The van der Waals surface area contributed by atoms with Gasteiger partial charge in [0.2, 0.25) is 5.91 Å². The van der Waals surface area contributed by atoms with E-state index in [2.05, 4.69) is 5.32 Å². The third-order valence-electron chi connectivity index (χ3n) is 4.76. The predicted molar refractivity (Wildman–Crippen MR) is 108 cm³/mol. The lowest BCUT2D eigenvalue weighted by atomic mass is 10.1. The van der Waals surface area contributed by atoms with Crippen LogP contribution >= 0.6 is 11.8 Å². The Hall–Kier alpha value is -2.42. The second-order valence-corrected chi connectivity index (χ2v) is 8.75.